The number of aryl methyl sites for hydroxylation is 3. The molecule has 0 spiro atoms. The van der Waals surface area contributed by atoms with Crippen molar-refractivity contribution in [3.05, 3.63) is 98.9 Å². The molecule has 1 fully saturated rings. The number of carbonyl (C=O) groups is 2. The van der Waals surface area contributed by atoms with Crippen LogP contribution in [0.1, 0.15) is 38.8 Å². The van der Waals surface area contributed by atoms with Crippen molar-refractivity contribution in [3.63, 3.8) is 0 Å². The number of hydrogen-bond donors (Lipinski definition) is 2. The maximum absolute atomic E-state index is 14.3. The number of para-hydroxylation sites is 2. The minimum Gasteiger partial charge on any atom is -0.348 e. The lowest BCUT2D eigenvalue weighted by Gasteiger charge is -2.30. The SMILES string of the molecule is Cn1c(=O)n(C)c2ccccc21.Cn1cc(-c2cc(C(F)(F)P)nn2CC(C)(C)NC(=O)C(CC2=CN(C(F)F)CC=C2)NC(=O)C2CC2)cc(F)c1=O. The van der Waals surface area contributed by atoms with Crippen LogP contribution in [0.3, 0.4) is 0 Å². The van der Waals surface area contributed by atoms with E-state index in [1.54, 1.807) is 43.2 Å². The third-order valence-electron chi connectivity index (χ3n) is 8.99. The molecule has 1 aromatic carbocycles. The van der Waals surface area contributed by atoms with E-state index in [0.717, 1.165) is 32.6 Å². The van der Waals surface area contributed by atoms with Gasteiger partial charge in [-0.1, -0.05) is 33.5 Å². The number of hydrogen-bond acceptors (Lipinski definition) is 6. The van der Waals surface area contributed by atoms with E-state index in [1.807, 2.05) is 24.3 Å². The van der Waals surface area contributed by atoms with Crippen molar-refractivity contribution >= 4 is 32.1 Å². The van der Waals surface area contributed by atoms with Crippen LogP contribution in [-0.4, -0.2) is 64.9 Å². The number of halogens is 5. The van der Waals surface area contributed by atoms with E-state index in [4.69, 9.17) is 0 Å². The third-order valence-corrected chi connectivity index (χ3v) is 9.29. The van der Waals surface area contributed by atoms with Gasteiger partial charge in [0, 0.05) is 58.0 Å². The second-order valence-electron chi connectivity index (χ2n) is 14.1. The molecule has 1 aliphatic carbocycles. The van der Waals surface area contributed by atoms with Crippen molar-refractivity contribution in [2.45, 2.75) is 63.4 Å². The predicted octanol–water partition coefficient (Wildman–Crippen LogP) is 4.35. The Morgan fingerprint density at radius 1 is 1.04 bits per heavy atom. The molecule has 18 heteroatoms. The Hall–Kier alpha value is -5.05. The lowest BCUT2D eigenvalue weighted by atomic mass is 10.0. The van der Waals surface area contributed by atoms with E-state index in [0.29, 0.717) is 18.4 Å². The molecule has 4 aromatic rings. The van der Waals surface area contributed by atoms with E-state index in [-0.39, 0.29) is 48.3 Å². The van der Waals surface area contributed by atoms with Crippen LogP contribution in [0.25, 0.3) is 22.3 Å². The number of nitrogens with one attached hydrogen (secondary N) is 2. The first-order valence-corrected chi connectivity index (χ1v) is 17.6. The second kappa shape index (κ2) is 15.7. The van der Waals surface area contributed by atoms with Gasteiger partial charge in [0.15, 0.2) is 5.82 Å². The molecule has 1 aliphatic heterocycles. The third kappa shape index (κ3) is 9.35. The van der Waals surface area contributed by atoms with Gasteiger partial charge >= 0.3 is 17.9 Å². The van der Waals surface area contributed by atoms with Gasteiger partial charge in [-0.3, -0.25) is 28.2 Å². The van der Waals surface area contributed by atoms with Gasteiger partial charge < -0.3 is 20.1 Å². The summed E-state index contributed by atoms with van der Waals surface area (Å²) >= 11 is 0. The molecule has 0 radical (unpaired) electrons. The second-order valence-corrected chi connectivity index (χ2v) is 14.8. The summed E-state index contributed by atoms with van der Waals surface area (Å²) < 4.78 is 74.6. The summed E-state index contributed by atoms with van der Waals surface area (Å²) in [5.41, 5.74) is -3.52. The summed E-state index contributed by atoms with van der Waals surface area (Å²) in [6, 6.07) is 8.63. The molecule has 6 rings (SSSR count). The Labute approximate surface area is 309 Å². The Bertz CT molecular complexity index is 2160. The van der Waals surface area contributed by atoms with Gasteiger partial charge in [0.25, 0.3) is 5.56 Å². The van der Waals surface area contributed by atoms with E-state index >= 15 is 0 Å². The van der Waals surface area contributed by atoms with E-state index in [2.05, 4.69) is 15.7 Å². The van der Waals surface area contributed by atoms with Crippen LogP contribution >= 0.6 is 9.24 Å². The zero-order valence-electron chi connectivity index (χ0n) is 30.3. The van der Waals surface area contributed by atoms with E-state index in [9.17, 15) is 41.1 Å². The summed E-state index contributed by atoms with van der Waals surface area (Å²) in [5.74, 6) is -2.24. The Balaban J connectivity index is 0.000000392. The van der Waals surface area contributed by atoms with Gasteiger partial charge in [0.2, 0.25) is 11.8 Å². The van der Waals surface area contributed by atoms with Gasteiger partial charge in [-0.05, 0) is 56.5 Å². The fourth-order valence-corrected chi connectivity index (χ4v) is 6.15. The number of aromatic nitrogens is 5. The molecule has 2 unspecified atom stereocenters. The van der Waals surface area contributed by atoms with Crippen LogP contribution in [0.4, 0.5) is 22.0 Å². The number of nitrogens with zero attached hydrogens (tertiary/aromatic N) is 6. The minimum atomic E-state index is -3.42. The average molecular weight is 777 g/mol. The standard InChI is InChI=1S/C27H32F5N6O3P.C9H10N2O/c1-26(2,14-38-20(11-21(35-38)27(31,32)42)17-10-18(28)24(41)36(3)13-17)34-23(40)19(33-22(39)16-6-7-16)9-15-5-4-8-37(12-15)25(29)30;1-10-7-5-3-4-6-8(7)11(2)9(10)12/h4-5,10-13,16,19,25H,6-9,14,42H2,1-3H3,(H,33,39)(H,34,40);3-6H,1-2H3. The lowest BCUT2D eigenvalue weighted by molar-refractivity contribution is -0.130. The number of fused-ring (bicyclic) bond motifs is 1. The number of benzene rings is 1. The maximum atomic E-state index is 14.3. The van der Waals surface area contributed by atoms with Crippen LogP contribution in [0, 0.1) is 11.7 Å². The minimum absolute atomic E-state index is 0.00245. The highest BCUT2D eigenvalue weighted by Crippen LogP contribution is 2.36. The van der Waals surface area contributed by atoms with Crippen molar-refractivity contribution in [3.8, 4) is 11.3 Å². The van der Waals surface area contributed by atoms with Crippen molar-refractivity contribution in [1.29, 1.82) is 0 Å². The zero-order chi connectivity index (χ0) is 39.7. The molecule has 0 saturated heterocycles. The molecule has 2 amide bonds. The highest BCUT2D eigenvalue weighted by molar-refractivity contribution is 7.17. The van der Waals surface area contributed by atoms with Crippen molar-refractivity contribution in [2.75, 3.05) is 6.54 Å². The fourth-order valence-electron chi connectivity index (χ4n) is 6.01. The maximum Gasteiger partial charge on any atom is 0.328 e. The van der Waals surface area contributed by atoms with Crippen LogP contribution in [0.2, 0.25) is 0 Å². The first-order chi connectivity index (χ1) is 25.3. The molecule has 2 aliphatic rings. The molecule has 290 valence electrons. The van der Waals surface area contributed by atoms with Gasteiger partial charge in [-0.2, -0.15) is 22.7 Å². The van der Waals surface area contributed by atoms with Crippen LogP contribution in [0.15, 0.2) is 76.1 Å². The molecule has 12 nitrogen and oxygen atoms in total. The van der Waals surface area contributed by atoms with Crippen LogP contribution in [-0.2, 0) is 42.9 Å². The first kappa shape index (κ1) is 40.1. The summed E-state index contributed by atoms with van der Waals surface area (Å²) in [4.78, 5) is 50.1. The summed E-state index contributed by atoms with van der Waals surface area (Å²) in [6.07, 6.45) is 6.98. The monoisotopic (exact) mass is 776 g/mol. The molecule has 3 aromatic heterocycles. The Morgan fingerprint density at radius 2 is 1.67 bits per heavy atom. The quantitative estimate of drug-likeness (QED) is 0.133. The molecule has 4 heterocycles. The predicted molar refractivity (Wildman–Crippen MR) is 196 cm³/mol. The smallest absolute Gasteiger partial charge is 0.328 e. The van der Waals surface area contributed by atoms with Gasteiger partial charge in [0.1, 0.15) is 11.7 Å². The fraction of sp³-hybridized carbons (Fsp3) is 0.417. The van der Waals surface area contributed by atoms with Crippen molar-refractivity contribution in [1.82, 2.24) is 39.0 Å². The summed E-state index contributed by atoms with van der Waals surface area (Å²) in [7, 11) is 6.26. The first-order valence-electron chi connectivity index (χ1n) is 17.0. The van der Waals surface area contributed by atoms with Gasteiger partial charge in [0.05, 0.1) is 28.8 Å². The van der Waals surface area contributed by atoms with Gasteiger partial charge in [-0.25, -0.2) is 9.18 Å². The lowest BCUT2D eigenvalue weighted by Crippen LogP contribution is -2.55. The van der Waals surface area contributed by atoms with E-state index in [1.165, 1.54) is 39.4 Å². The molecular formula is C36H42F5N8O4P. The summed E-state index contributed by atoms with van der Waals surface area (Å²) in [5, 5.41) is 9.50. The highest BCUT2D eigenvalue weighted by atomic mass is 31.0. The number of alkyl halides is 4. The molecular weight excluding hydrogens is 734 g/mol. The Morgan fingerprint density at radius 3 is 2.22 bits per heavy atom. The highest BCUT2D eigenvalue weighted by Gasteiger charge is 2.36. The number of imidazole rings is 1. The van der Waals surface area contributed by atoms with Gasteiger partial charge in [-0.15, -0.1) is 0 Å². The number of pyridine rings is 1. The topological polar surface area (TPSA) is 128 Å². The van der Waals surface area contributed by atoms with Crippen molar-refractivity contribution in [2.24, 2.45) is 27.1 Å². The number of carbonyl (C=O) groups excluding carboxylic acids is 2. The number of rotatable bonds is 11. The van der Waals surface area contributed by atoms with Crippen LogP contribution in [0.5, 0.6) is 0 Å². The number of allylic oxidation sites excluding steroid dienone is 1. The molecule has 54 heavy (non-hydrogen) atoms. The Kier molecular flexibility index (Phi) is 11.7. The molecule has 2 atom stereocenters. The van der Waals surface area contributed by atoms with Crippen LogP contribution < -0.4 is 21.9 Å². The normalized spacial score (nSPS) is 15.2. The zero-order valence-corrected chi connectivity index (χ0v) is 31.5. The van der Waals surface area contributed by atoms with Crippen molar-refractivity contribution < 1.29 is 31.5 Å². The molecule has 2 N–H and O–H groups in total. The summed E-state index contributed by atoms with van der Waals surface area (Å²) in [6.45, 7) is 0.315. The van der Waals surface area contributed by atoms with E-state index < -0.39 is 46.8 Å². The largest absolute Gasteiger partial charge is 0.348 e. The molecule has 1 saturated carbocycles. The molecule has 0 bridgehead atoms. The number of amides is 2. The average Bonchev–Trinajstić information content (AvgIpc) is 3.84.